The lowest BCUT2D eigenvalue weighted by atomic mass is 11.8. The molecule has 5 heteroatoms. The van der Waals surface area contributed by atoms with Crippen molar-refractivity contribution in [1.82, 2.24) is 0 Å². The Kier molecular flexibility index (Phi) is 2.33. The molecular formula is CH6O3PS+. The van der Waals surface area contributed by atoms with E-state index in [0.29, 0.717) is 0 Å². The fraction of sp³-hybridized carbons (Fsp3) is 1.00. The molecular weight excluding hydrogens is 123 g/mol. The van der Waals surface area contributed by atoms with E-state index in [-0.39, 0.29) is 0 Å². The summed E-state index contributed by atoms with van der Waals surface area (Å²) >= 11 is 3.25. The minimum Gasteiger partial charge on any atom is -0.183 e. The Hall–Kier alpha value is 0.660. The Morgan fingerprint density at radius 3 is 1.83 bits per heavy atom. The second kappa shape index (κ2) is 2.09. The maximum atomic E-state index is 8.14. The summed E-state index contributed by atoms with van der Waals surface area (Å²) in [6.07, 6.45) is 0. The Labute approximate surface area is 41.7 Å². The normalized spacial score (nSPS) is 12.0. The van der Waals surface area contributed by atoms with Gasteiger partial charge in [0.1, 0.15) is 0 Å². The molecule has 0 aliphatic heterocycles. The molecule has 0 heterocycles. The average molecular weight is 129 g/mol. The summed E-state index contributed by atoms with van der Waals surface area (Å²) in [7, 11) is -2.02. The number of thiol groups is 1. The highest BCUT2D eigenvalue weighted by molar-refractivity contribution is 8.47. The van der Waals surface area contributed by atoms with Crippen LogP contribution in [0.4, 0.5) is 0 Å². The summed E-state index contributed by atoms with van der Waals surface area (Å²) in [5, 5.41) is 0. The van der Waals surface area contributed by atoms with E-state index in [1.54, 1.807) is 0 Å². The summed E-state index contributed by atoms with van der Waals surface area (Å²) in [4.78, 5) is 16.3. The van der Waals surface area contributed by atoms with Crippen molar-refractivity contribution < 1.29 is 14.3 Å². The van der Waals surface area contributed by atoms with Crippen molar-refractivity contribution in [1.29, 1.82) is 0 Å². The summed E-state index contributed by atoms with van der Waals surface area (Å²) < 4.78 is 4.02. The van der Waals surface area contributed by atoms with Crippen molar-refractivity contribution in [3.05, 3.63) is 0 Å². The maximum absolute atomic E-state index is 8.14. The predicted octanol–water partition coefficient (Wildman–Crippen LogP) is 0.225. The van der Waals surface area contributed by atoms with Crippen LogP contribution >= 0.6 is 19.4 Å². The zero-order valence-electron chi connectivity index (χ0n) is 3.20. The molecule has 0 saturated heterocycles. The summed E-state index contributed by atoms with van der Waals surface area (Å²) in [5.41, 5.74) is 0. The van der Waals surface area contributed by atoms with Crippen LogP contribution in [0.2, 0.25) is 0 Å². The first-order valence-corrected chi connectivity index (χ1v) is 3.96. The smallest absolute Gasteiger partial charge is 0.183 e. The molecule has 0 radical (unpaired) electrons. The number of rotatable bonds is 1. The van der Waals surface area contributed by atoms with Crippen molar-refractivity contribution in [3.63, 3.8) is 0 Å². The van der Waals surface area contributed by atoms with Crippen LogP contribution in [0.5, 0.6) is 0 Å². The van der Waals surface area contributed by atoms with E-state index in [1.807, 2.05) is 0 Å². The van der Waals surface area contributed by atoms with Gasteiger partial charge in [-0.25, -0.2) is 0 Å². The highest BCUT2D eigenvalue weighted by Crippen LogP contribution is 2.54. The quantitative estimate of drug-likeness (QED) is 0.350. The van der Waals surface area contributed by atoms with Crippen molar-refractivity contribution in [3.8, 4) is 0 Å². The first kappa shape index (κ1) is 6.66. The molecule has 0 bridgehead atoms. The van der Waals surface area contributed by atoms with Crippen LogP contribution in [0.1, 0.15) is 0 Å². The number of hydrogen-bond acceptors (Lipinski definition) is 4. The molecule has 0 aliphatic rings. The monoisotopic (exact) mass is 129 g/mol. The average Bonchev–Trinajstić information content (AvgIpc) is 1.35. The molecule has 0 aromatic rings. The van der Waals surface area contributed by atoms with Gasteiger partial charge in [-0.2, -0.15) is 14.3 Å². The Bertz CT molecular complexity index is 40.5. The molecule has 0 saturated carbocycles. The Morgan fingerprint density at radius 1 is 1.67 bits per heavy atom. The first-order valence-electron chi connectivity index (χ1n) is 1.19. The lowest BCUT2D eigenvalue weighted by Gasteiger charge is -1.94. The molecule has 0 atom stereocenters. The fourth-order valence-electron chi connectivity index (χ4n) is 0. The van der Waals surface area contributed by atoms with Gasteiger partial charge in [-0.15, -0.1) is 0 Å². The second-order valence-corrected chi connectivity index (χ2v) is 3.65. The molecule has 0 spiro atoms. The van der Waals surface area contributed by atoms with Gasteiger partial charge in [0.2, 0.25) is 0 Å². The SMILES string of the molecule is CO[P+](O)(O)S. The molecule has 0 aromatic heterocycles. The van der Waals surface area contributed by atoms with Crippen molar-refractivity contribution in [2.24, 2.45) is 0 Å². The molecule has 0 aromatic carbocycles. The van der Waals surface area contributed by atoms with Crippen LogP contribution in [0.25, 0.3) is 0 Å². The molecule has 38 valence electrons. The molecule has 0 unspecified atom stereocenters. The van der Waals surface area contributed by atoms with Crippen LogP contribution < -0.4 is 0 Å². The topological polar surface area (TPSA) is 49.7 Å². The first-order chi connectivity index (χ1) is 2.56. The molecule has 6 heavy (non-hydrogen) atoms. The molecule has 2 N–H and O–H groups in total. The minimum atomic E-state index is -3.20. The second-order valence-electron chi connectivity index (χ2n) is 0.696. The van der Waals surface area contributed by atoms with Gasteiger partial charge in [0, 0.05) is 0 Å². The summed E-state index contributed by atoms with van der Waals surface area (Å²) in [6.45, 7) is 0. The van der Waals surface area contributed by atoms with Gasteiger partial charge in [-0.05, 0) is 0 Å². The minimum absolute atomic E-state index is 1.18. The van der Waals surface area contributed by atoms with E-state index >= 15 is 0 Å². The summed E-state index contributed by atoms with van der Waals surface area (Å²) in [5.74, 6) is 0. The lowest BCUT2D eigenvalue weighted by molar-refractivity contribution is 0.302. The van der Waals surface area contributed by atoms with Gasteiger partial charge < -0.3 is 0 Å². The molecule has 0 fully saturated rings. The molecule has 0 aliphatic carbocycles. The van der Waals surface area contributed by atoms with E-state index in [2.05, 4.69) is 16.8 Å². The zero-order valence-corrected chi connectivity index (χ0v) is 4.99. The van der Waals surface area contributed by atoms with Gasteiger partial charge in [0.25, 0.3) is 0 Å². The standard InChI is InChI=1S/CH6O3PS/c1-4-5(2,3)6/h2-3,6H,1H3/q+1. The largest absolute Gasteiger partial charge is 0.472 e. The van der Waals surface area contributed by atoms with Crippen LogP contribution in [0.15, 0.2) is 0 Å². The Balaban J connectivity index is 3.17. The van der Waals surface area contributed by atoms with Gasteiger partial charge in [0.15, 0.2) is 0 Å². The third-order valence-corrected chi connectivity index (χ3v) is 1.22. The lowest BCUT2D eigenvalue weighted by Crippen LogP contribution is -1.79. The van der Waals surface area contributed by atoms with Crippen molar-refractivity contribution in [2.45, 2.75) is 0 Å². The van der Waals surface area contributed by atoms with Crippen LogP contribution in [0, 0.1) is 0 Å². The van der Waals surface area contributed by atoms with E-state index in [1.165, 1.54) is 7.11 Å². The van der Waals surface area contributed by atoms with Crippen molar-refractivity contribution >= 4 is 19.4 Å². The van der Waals surface area contributed by atoms with Crippen LogP contribution in [-0.4, -0.2) is 16.9 Å². The molecule has 0 amide bonds. The maximum Gasteiger partial charge on any atom is 0.472 e. The van der Waals surface area contributed by atoms with Crippen LogP contribution in [0.3, 0.4) is 0 Å². The molecule has 0 rings (SSSR count). The third-order valence-electron chi connectivity index (χ3n) is 0.245. The van der Waals surface area contributed by atoms with E-state index in [4.69, 9.17) is 9.79 Å². The predicted molar refractivity (Wildman–Crippen MR) is 27.4 cm³/mol. The van der Waals surface area contributed by atoms with E-state index in [9.17, 15) is 0 Å². The fourth-order valence-corrected chi connectivity index (χ4v) is 0. The third kappa shape index (κ3) is 4.66. The number of hydrogen-bond donors (Lipinski definition) is 3. The van der Waals surface area contributed by atoms with Crippen LogP contribution in [-0.2, 0) is 4.52 Å². The highest BCUT2D eigenvalue weighted by atomic mass is 32.7. The summed E-state index contributed by atoms with van der Waals surface area (Å²) in [6, 6.07) is 0. The van der Waals surface area contributed by atoms with Gasteiger partial charge >= 0.3 is 7.15 Å². The van der Waals surface area contributed by atoms with Gasteiger partial charge in [0.05, 0.1) is 19.4 Å². The van der Waals surface area contributed by atoms with Gasteiger partial charge in [-0.1, -0.05) is 0 Å². The van der Waals surface area contributed by atoms with E-state index in [0.717, 1.165) is 0 Å². The van der Waals surface area contributed by atoms with Gasteiger partial charge in [-0.3, -0.25) is 0 Å². The molecule has 3 nitrogen and oxygen atoms in total. The highest BCUT2D eigenvalue weighted by Gasteiger charge is 2.26. The zero-order chi connectivity index (χ0) is 5.21. The van der Waals surface area contributed by atoms with Crippen molar-refractivity contribution in [2.75, 3.05) is 7.11 Å². The van der Waals surface area contributed by atoms with E-state index < -0.39 is 7.15 Å². The Morgan fingerprint density at radius 2 is 1.83 bits per heavy atom.